The van der Waals surface area contributed by atoms with E-state index in [9.17, 15) is 0 Å². The Morgan fingerprint density at radius 1 is 0.333 bits per heavy atom. The predicted octanol–water partition coefficient (Wildman–Crippen LogP) is 16.6. The molecule has 66 heavy (non-hydrogen) atoms. The lowest BCUT2D eigenvalue weighted by molar-refractivity contribution is 0.660. The van der Waals surface area contributed by atoms with Crippen molar-refractivity contribution in [2.75, 3.05) is 4.90 Å². The fourth-order valence-electron chi connectivity index (χ4n) is 12.2. The maximum absolute atomic E-state index is 2.55. The third-order valence-corrected chi connectivity index (χ3v) is 15.2. The summed E-state index contributed by atoms with van der Waals surface area (Å²) in [6, 6.07) is 86.3. The fraction of sp³-hybridized carbons (Fsp3) is 0.0625. The van der Waals surface area contributed by atoms with Gasteiger partial charge in [0.25, 0.3) is 0 Å². The first-order chi connectivity index (χ1) is 32.5. The van der Waals surface area contributed by atoms with Gasteiger partial charge in [-0.15, -0.1) is 0 Å². The molecule has 0 N–H and O–H groups in total. The monoisotopic (exact) mass is 840 g/mol. The van der Waals surface area contributed by atoms with E-state index in [1.54, 1.807) is 0 Å². The summed E-state index contributed by atoms with van der Waals surface area (Å²) >= 11 is 0. The van der Waals surface area contributed by atoms with E-state index in [0.717, 1.165) is 17.1 Å². The Kier molecular flexibility index (Phi) is 7.70. The van der Waals surface area contributed by atoms with Crippen molar-refractivity contribution in [2.24, 2.45) is 0 Å². The number of hydrogen-bond donors (Lipinski definition) is 0. The normalized spacial score (nSPS) is 14.2. The molecule has 0 unspecified atom stereocenters. The molecule has 0 saturated carbocycles. The highest BCUT2D eigenvalue weighted by atomic mass is 15.1. The summed E-state index contributed by atoms with van der Waals surface area (Å²) in [5.41, 5.74) is 24.4. The first-order valence-corrected chi connectivity index (χ1v) is 23.2. The molecule has 2 heteroatoms. The van der Waals surface area contributed by atoms with Gasteiger partial charge in [-0.3, -0.25) is 0 Å². The Labute approximate surface area is 385 Å². The van der Waals surface area contributed by atoms with Gasteiger partial charge in [0.05, 0.1) is 22.1 Å². The molecule has 0 atom stereocenters. The van der Waals surface area contributed by atoms with E-state index in [4.69, 9.17) is 0 Å². The lowest BCUT2D eigenvalue weighted by atomic mass is 9.65. The van der Waals surface area contributed by atoms with Crippen molar-refractivity contribution in [3.8, 4) is 50.2 Å². The molecule has 0 fully saturated rings. The fourth-order valence-corrected chi connectivity index (χ4v) is 12.2. The highest BCUT2D eigenvalue weighted by Gasteiger charge is 2.51. The topological polar surface area (TPSA) is 8.17 Å². The molecule has 0 amide bonds. The summed E-state index contributed by atoms with van der Waals surface area (Å²) in [6.45, 7) is 4.79. The second kappa shape index (κ2) is 13.7. The van der Waals surface area contributed by atoms with E-state index in [-0.39, 0.29) is 5.41 Å². The van der Waals surface area contributed by atoms with Crippen molar-refractivity contribution in [1.82, 2.24) is 4.57 Å². The van der Waals surface area contributed by atoms with Crippen LogP contribution in [0.2, 0.25) is 0 Å². The van der Waals surface area contributed by atoms with Crippen LogP contribution in [0.5, 0.6) is 0 Å². The van der Waals surface area contributed by atoms with Gasteiger partial charge in [-0.2, -0.15) is 0 Å². The highest BCUT2D eigenvalue weighted by molar-refractivity contribution is 6.13. The summed E-state index contributed by atoms with van der Waals surface area (Å²) in [4.78, 5) is 2.49. The van der Waals surface area contributed by atoms with Gasteiger partial charge < -0.3 is 9.47 Å². The number of benzene rings is 10. The second-order valence-corrected chi connectivity index (χ2v) is 18.8. The molecule has 2 nitrogen and oxygen atoms in total. The van der Waals surface area contributed by atoms with Gasteiger partial charge in [0.15, 0.2) is 0 Å². The SMILES string of the molecule is CC1(C)c2cc(-c3ccccc3)ccc2-c2ccc(N(c3ccc(-c4ccccc4)cc3)c3ccc4c(c3)C3(c5ccccc5-c5ccccc53)c3cccc5c6ccccc6n-4c35)cc21. The van der Waals surface area contributed by atoms with E-state index in [1.165, 1.54) is 105 Å². The van der Waals surface area contributed by atoms with Gasteiger partial charge in [-0.05, 0) is 132 Å². The van der Waals surface area contributed by atoms with Gasteiger partial charge in [-0.1, -0.05) is 190 Å². The molecule has 0 saturated heterocycles. The number of aromatic nitrogens is 1. The summed E-state index contributed by atoms with van der Waals surface area (Å²) in [7, 11) is 0. The maximum Gasteiger partial charge on any atom is 0.0755 e. The third kappa shape index (κ3) is 4.96. The number of para-hydroxylation sites is 2. The molecule has 3 aliphatic rings. The predicted molar refractivity (Wildman–Crippen MR) is 275 cm³/mol. The number of fused-ring (bicyclic) bond motifs is 15. The minimum atomic E-state index is -0.552. The van der Waals surface area contributed by atoms with Crippen LogP contribution in [0, 0.1) is 0 Å². The van der Waals surface area contributed by atoms with E-state index in [1.807, 2.05) is 0 Å². The van der Waals surface area contributed by atoms with Crippen LogP contribution in [-0.4, -0.2) is 4.57 Å². The largest absolute Gasteiger partial charge is 0.310 e. The van der Waals surface area contributed by atoms with Crippen LogP contribution < -0.4 is 4.90 Å². The van der Waals surface area contributed by atoms with Gasteiger partial charge in [0.2, 0.25) is 0 Å². The Balaban J connectivity index is 1.02. The van der Waals surface area contributed by atoms with Crippen molar-refractivity contribution in [3.05, 3.63) is 264 Å². The summed E-state index contributed by atoms with van der Waals surface area (Å²) in [6.07, 6.45) is 0. The van der Waals surface area contributed by atoms with Crippen LogP contribution in [0.15, 0.2) is 231 Å². The van der Waals surface area contributed by atoms with Crippen LogP contribution in [0.4, 0.5) is 17.1 Å². The molecule has 1 aromatic heterocycles. The van der Waals surface area contributed by atoms with Gasteiger partial charge in [0.1, 0.15) is 0 Å². The number of rotatable bonds is 5. The van der Waals surface area contributed by atoms with E-state index in [2.05, 4.69) is 254 Å². The lowest BCUT2D eigenvalue weighted by Crippen LogP contribution is -2.33. The molecule has 11 aromatic rings. The molecule has 0 bridgehead atoms. The molecule has 10 aromatic carbocycles. The van der Waals surface area contributed by atoms with Crippen molar-refractivity contribution in [1.29, 1.82) is 0 Å². The molecule has 1 spiro atoms. The molecule has 0 radical (unpaired) electrons. The second-order valence-electron chi connectivity index (χ2n) is 18.8. The quantitative estimate of drug-likeness (QED) is 0.168. The first-order valence-electron chi connectivity index (χ1n) is 23.2. The Hall–Kier alpha value is -8.20. The summed E-state index contributed by atoms with van der Waals surface area (Å²) < 4.78 is 2.55. The van der Waals surface area contributed by atoms with Crippen molar-refractivity contribution in [2.45, 2.75) is 24.7 Å². The molecule has 1 aliphatic heterocycles. The van der Waals surface area contributed by atoms with Crippen LogP contribution in [-0.2, 0) is 10.8 Å². The Morgan fingerprint density at radius 3 is 1.53 bits per heavy atom. The van der Waals surface area contributed by atoms with Crippen LogP contribution >= 0.6 is 0 Å². The van der Waals surface area contributed by atoms with Gasteiger partial charge in [0, 0.05) is 33.2 Å². The molecule has 2 aliphatic carbocycles. The minimum absolute atomic E-state index is 0.212. The van der Waals surface area contributed by atoms with Crippen LogP contribution in [0.25, 0.3) is 72.0 Å². The molecule has 2 heterocycles. The van der Waals surface area contributed by atoms with E-state index in [0.29, 0.717) is 0 Å². The average Bonchev–Trinajstić information content (AvgIpc) is 3.95. The molecule has 14 rings (SSSR count). The number of nitrogens with zero attached hydrogens (tertiary/aromatic N) is 2. The minimum Gasteiger partial charge on any atom is -0.310 e. The zero-order chi connectivity index (χ0) is 43.7. The van der Waals surface area contributed by atoms with Crippen molar-refractivity contribution >= 4 is 38.9 Å². The smallest absolute Gasteiger partial charge is 0.0755 e. The maximum atomic E-state index is 2.55. The summed E-state index contributed by atoms with van der Waals surface area (Å²) in [5.74, 6) is 0. The van der Waals surface area contributed by atoms with Crippen molar-refractivity contribution in [3.63, 3.8) is 0 Å². The van der Waals surface area contributed by atoms with E-state index >= 15 is 0 Å². The van der Waals surface area contributed by atoms with Crippen LogP contribution in [0.1, 0.15) is 47.2 Å². The lowest BCUT2D eigenvalue weighted by Gasteiger charge is -2.40. The Morgan fingerprint density at radius 2 is 0.818 bits per heavy atom. The summed E-state index contributed by atoms with van der Waals surface area (Å²) in [5, 5.41) is 2.57. The van der Waals surface area contributed by atoms with Crippen molar-refractivity contribution < 1.29 is 0 Å². The third-order valence-electron chi connectivity index (χ3n) is 15.2. The first kappa shape index (κ1) is 37.2. The average molecular weight is 841 g/mol. The van der Waals surface area contributed by atoms with Crippen LogP contribution in [0.3, 0.4) is 0 Å². The molecular formula is C64H44N2. The molecular weight excluding hydrogens is 797 g/mol. The molecule has 310 valence electrons. The van der Waals surface area contributed by atoms with Gasteiger partial charge in [-0.25, -0.2) is 0 Å². The highest BCUT2D eigenvalue weighted by Crippen LogP contribution is 2.62. The standard InChI is InChI=1S/C64H44N2/c1-63(2)57-38-44(42-18-7-4-8-19-42)30-35-50(57)51-36-33-46(39-58(51)63)65(45-31-28-43(29-32-45)41-16-5-3-6-17-41)47-34-37-61-59(40-47)64(54-24-12-9-20-48(54)49-21-10-13-25-55(49)64)56-26-15-23-53-52-22-11-14-27-60(52)66(61)62(53)56/h3-40H,1-2H3. The number of hydrogen-bond acceptors (Lipinski definition) is 1. The van der Waals surface area contributed by atoms with Gasteiger partial charge >= 0.3 is 0 Å². The number of anilines is 3. The zero-order valence-corrected chi connectivity index (χ0v) is 36.8. The zero-order valence-electron chi connectivity index (χ0n) is 36.8. The van der Waals surface area contributed by atoms with E-state index < -0.39 is 5.41 Å². The Bertz CT molecular complexity index is 3730.